The lowest BCUT2D eigenvalue weighted by Gasteiger charge is -2.27. The Labute approximate surface area is 180 Å². The van der Waals surface area contributed by atoms with E-state index in [2.05, 4.69) is 0 Å². The molecule has 0 spiro atoms. The van der Waals surface area contributed by atoms with Gasteiger partial charge in [-0.3, -0.25) is 9.59 Å². The molecule has 6 heteroatoms. The predicted molar refractivity (Wildman–Crippen MR) is 117 cm³/mol. The van der Waals surface area contributed by atoms with E-state index >= 15 is 0 Å². The van der Waals surface area contributed by atoms with Crippen LogP contribution in [0.15, 0.2) is 45.6 Å². The van der Waals surface area contributed by atoms with Crippen LogP contribution in [0.1, 0.15) is 51.7 Å². The van der Waals surface area contributed by atoms with Gasteiger partial charge >= 0.3 is 0 Å². The fourth-order valence-electron chi connectivity index (χ4n) is 4.60. The van der Waals surface area contributed by atoms with Crippen LogP contribution in [0.4, 0.5) is 0 Å². The molecule has 1 saturated heterocycles. The summed E-state index contributed by atoms with van der Waals surface area (Å²) in [5.74, 6) is 0.596. The molecule has 6 nitrogen and oxygen atoms in total. The average Bonchev–Trinajstić information content (AvgIpc) is 3.38. The highest BCUT2D eigenvalue weighted by Crippen LogP contribution is 2.39. The van der Waals surface area contributed by atoms with Crippen molar-refractivity contribution in [1.82, 2.24) is 4.90 Å². The van der Waals surface area contributed by atoms with Crippen LogP contribution in [0.2, 0.25) is 0 Å². The molecule has 2 aliphatic rings. The van der Waals surface area contributed by atoms with Crippen LogP contribution in [0.5, 0.6) is 5.75 Å². The van der Waals surface area contributed by atoms with Crippen molar-refractivity contribution in [3.63, 3.8) is 0 Å². The number of benzene rings is 2. The molecular weight excluding hydrogens is 394 g/mol. The average molecular weight is 419 g/mol. The van der Waals surface area contributed by atoms with E-state index < -0.39 is 6.04 Å². The Morgan fingerprint density at radius 1 is 1.10 bits per heavy atom. The minimum Gasteiger partial charge on any atom is -0.497 e. The van der Waals surface area contributed by atoms with E-state index in [4.69, 9.17) is 13.9 Å². The van der Waals surface area contributed by atoms with Crippen molar-refractivity contribution in [1.29, 1.82) is 0 Å². The summed E-state index contributed by atoms with van der Waals surface area (Å²) >= 11 is 0. The van der Waals surface area contributed by atoms with Gasteiger partial charge in [-0.1, -0.05) is 12.1 Å². The highest BCUT2D eigenvalue weighted by atomic mass is 16.5. The van der Waals surface area contributed by atoms with Gasteiger partial charge in [-0.05, 0) is 67.6 Å². The van der Waals surface area contributed by atoms with Crippen LogP contribution in [0.3, 0.4) is 0 Å². The number of fused-ring (bicyclic) bond motifs is 2. The van der Waals surface area contributed by atoms with Gasteiger partial charge in [0.15, 0.2) is 5.43 Å². The van der Waals surface area contributed by atoms with Gasteiger partial charge in [0.2, 0.25) is 5.76 Å². The summed E-state index contributed by atoms with van der Waals surface area (Å²) in [6, 6.07) is 10.7. The zero-order valence-corrected chi connectivity index (χ0v) is 17.9. The highest BCUT2D eigenvalue weighted by molar-refractivity contribution is 5.99. The highest BCUT2D eigenvalue weighted by Gasteiger charge is 2.43. The van der Waals surface area contributed by atoms with E-state index in [1.165, 1.54) is 0 Å². The molecule has 2 unspecified atom stereocenters. The van der Waals surface area contributed by atoms with E-state index in [0.717, 1.165) is 35.3 Å². The molecule has 3 heterocycles. The van der Waals surface area contributed by atoms with Crippen molar-refractivity contribution in [2.45, 2.75) is 38.8 Å². The first kappa shape index (κ1) is 19.8. The van der Waals surface area contributed by atoms with E-state index in [0.29, 0.717) is 29.7 Å². The van der Waals surface area contributed by atoms with Gasteiger partial charge in [-0.25, -0.2) is 0 Å². The van der Waals surface area contributed by atoms with Crippen molar-refractivity contribution < 1.29 is 18.7 Å². The standard InChI is InChI=1S/C25H25NO5/c1-14-11-19-20(12-15(14)2)31-24-21(23(19)27)22(16-6-8-17(29-3)9-7-16)26(25(24)28)13-18-5-4-10-30-18/h6-9,11-12,18,22H,4-5,10,13H2,1-3H3. The number of rotatable bonds is 4. The predicted octanol–water partition coefficient (Wildman–Crippen LogP) is 4.14. The van der Waals surface area contributed by atoms with Crippen LogP contribution in [0.25, 0.3) is 11.0 Å². The number of hydrogen-bond acceptors (Lipinski definition) is 5. The minimum absolute atomic E-state index is 0.0342. The number of aryl methyl sites for hydroxylation is 2. The Bertz CT molecular complexity index is 1220. The monoisotopic (exact) mass is 419 g/mol. The zero-order valence-electron chi connectivity index (χ0n) is 17.9. The summed E-state index contributed by atoms with van der Waals surface area (Å²) in [5.41, 5.74) is 3.59. The van der Waals surface area contributed by atoms with Crippen LogP contribution in [-0.4, -0.2) is 37.2 Å². The van der Waals surface area contributed by atoms with Crippen molar-refractivity contribution in [3.8, 4) is 5.75 Å². The lowest BCUT2D eigenvalue weighted by atomic mass is 9.97. The van der Waals surface area contributed by atoms with Gasteiger partial charge in [0.25, 0.3) is 5.91 Å². The maximum absolute atomic E-state index is 13.6. The molecule has 0 aliphatic carbocycles. The molecule has 0 radical (unpaired) electrons. The van der Waals surface area contributed by atoms with Crippen molar-refractivity contribution in [2.24, 2.45) is 0 Å². The van der Waals surface area contributed by atoms with E-state index in [-0.39, 0.29) is 23.2 Å². The molecular formula is C25H25NO5. The molecule has 1 amide bonds. The van der Waals surface area contributed by atoms with E-state index in [1.54, 1.807) is 12.0 Å². The Kier molecular flexibility index (Phi) is 4.82. The van der Waals surface area contributed by atoms with Crippen LogP contribution in [-0.2, 0) is 4.74 Å². The van der Waals surface area contributed by atoms with Crippen LogP contribution in [0, 0.1) is 13.8 Å². The SMILES string of the molecule is COc1ccc(C2c3c(oc4cc(C)c(C)cc4c3=O)C(=O)N2CC2CCCO2)cc1. The van der Waals surface area contributed by atoms with Gasteiger partial charge in [0, 0.05) is 13.2 Å². The van der Waals surface area contributed by atoms with Gasteiger partial charge in [0.1, 0.15) is 11.3 Å². The Morgan fingerprint density at radius 3 is 2.52 bits per heavy atom. The Balaban J connectivity index is 1.70. The largest absolute Gasteiger partial charge is 0.497 e. The second kappa shape index (κ2) is 7.54. The molecule has 0 N–H and O–H groups in total. The number of methoxy groups -OCH3 is 1. The molecule has 160 valence electrons. The topological polar surface area (TPSA) is 69.0 Å². The number of ether oxygens (including phenoxy) is 2. The molecule has 0 saturated carbocycles. The molecule has 3 aromatic rings. The van der Waals surface area contributed by atoms with Crippen molar-refractivity contribution in [3.05, 3.63) is 74.6 Å². The molecule has 0 bridgehead atoms. The smallest absolute Gasteiger partial charge is 0.291 e. The van der Waals surface area contributed by atoms with Gasteiger partial charge < -0.3 is 18.8 Å². The fraction of sp³-hybridized carbons (Fsp3) is 0.360. The molecule has 2 atom stereocenters. The van der Waals surface area contributed by atoms with Gasteiger partial charge in [-0.2, -0.15) is 0 Å². The second-order valence-corrected chi connectivity index (χ2v) is 8.37. The normalized spacial score (nSPS) is 20.5. The Morgan fingerprint density at radius 2 is 1.84 bits per heavy atom. The quantitative estimate of drug-likeness (QED) is 0.636. The van der Waals surface area contributed by atoms with Crippen LogP contribution < -0.4 is 10.2 Å². The lowest BCUT2D eigenvalue weighted by Crippen LogP contribution is -2.36. The van der Waals surface area contributed by atoms with E-state index in [1.807, 2.05) is 50.2 Å². The first-order valence-electron chi connectivity index (χ1n) is 10.6. The van der Waals surface area contributed by atoms with Crippen molar-refractivity contribution in [2.75, 3.05) is 20.3 Å². The maximum Gasteiger partial charge on any atom is 0.291 e. The Hall–Kier alpha value is -3.12. The third-order valence-corrected chi connectivity index (χ3v) is 6.44. The van der Waals surface area contributed by atoms with E-state index in [9.17, 15) is 9.59 Å². The minimum atomic E-state index is -0.514. The molecule has 2 aliphatic heterocycles. The lowest BCUT2D eigenvalue weighted by molar-refractivity contribution is 0.0486. The third-order valence-electron chi connectivity index (χ3n) is 6.44. The van der Waals surface area contributed by atoms with Crippen LogP contribution >= 0.6 is 0 Å². The van der Waals surface area contributed by atoms with Gasteiger partial charge in [0.05, 0.1) is 30.2 Å². The first-order chi connectivity index (χ1) is 15.0. The zero-order chi connectivity index (χ0) is 21.7. The number of hydrogen-bond donors (Lipinski definition) is 0. The summed E-state index contributed by atoms with van der Waals surface area (Å²) in [5, 5.41) is 0.507. The summed E-state index contributed by atoms with van der Waals surface area (Å²) in [6.45, 7) is 5.06. The third kappa shape index (κ3) is 3.22. The number of carbonyl (C=O) groups is 1. The number of nitrogens with zero attached hydrogens (tertiary/aromatic N) is 1. The molecule has 5 rings (SSSR count). The van der Waals surface area contributed by atoms with Gasteiger partial charge in [-0.15, -0.1) is 0 Å². The fourth-order valence-corrected chi connectivity index (χ4v) is 4.60. The first-order valence-corrected chi connectivity index (χ1v) is 10.6. The molecule has 2 aromatic carbocycles. The molecule has 1 aromatic heterocycles. The summed E-state index contributed by atoms with van der Waals surface area (Å²) < 4.78 is 17.1. The summed E-state index contributed by atoms with van der Waals surface area (Å²) in [4.78, 5) is 28.8. The van der Waals surface area contributed by atoms with Crippen molar-refractivity contribution >= 4 is 16.9 Å². The summed E-state index contributed by atoms with van der Waals surface area (Å²) in [7, 11) is 1.61. The maximum atomic E-state index is 13.6. The second-order valence-electron chi connectivity index (χ2n) is 8.37. The summed E-state index contributed by atoms with van der Waals surface area (Å²) in [6.07, 6.45) is 1.84. The number of carbonyl (C=O) groups excluding carboxylic acids is 1. The molecule has 31 heavy (non-hydrogen) atoms. The number of amides is 1. The molecule has 1 fully saturated rings.